The molecule has 23 heavy (non-hydrogen) atoms. The average molecular weight is 314 g/mol. The number of carbonyl (C=O) groups is 1. The predicted molar refractivity (Wildman–Crippen MR) is 87.7 cm³/mol. The van der Waals surface area contributed by atoms with Gasteiger partial charge in [0.15, 0.2) is 6.10 Å². The zero-order valence-corrected chi connectivity index (χ0v) is 13.6. The van der Waals surface area contributed by atoms with Gasteiger partial charge in [0.2, 0.25) is 5.88 Å². The van der Waals surface area contributed by atoms with Crippen LogP contribution in [0.25, 0.3) is 0 Å². The van der Waals surface area contributed by atoms with E-state index < -0.39 is 6.10 Å². The second kappa shape index (κ2) is 6.86. The fourth-order valence-corrected chi connectivity index (χ4v) is 2.76. The van der Waals surface area contributed by atoms with E-state index in [1.165, 1.54) is 5.56 Å². The third-order valence-corrected chi connectivity index (χ3v) is 4.21. The van der Waals surface area contributed by atoms with E-state index in [1.54, 1.807) is 6.92 Å². The van der Waals surface area contributed by atoms with Crippen molar-refractivity contribution < 1.29 is 14.1 Å². The van der Waals surface area contributed by atoms with E-state index >= 15 is 0 Å². The maximum Gasteiger partial charge on any atom is 0.267 e. The Morgan fingerprint density at radius 3 is 2.78 bits per heavy atom. The molecule has 1 aliphatic carbocycles. The molecule has 2 aromatic rings. The van der Waals surface area contributed by atoms with E-state index in [9.17, 15) is 4.79 Å². The quantitative estimate of drug-likeness (QED) is 0.917. The molecular weight excluding hydrogens is 292 g/mol. The highest BCUT2D eigenvalue weighted by Crippen LogP contribution is 2.27. The summed E-state index contributed by atoms with van der Waals surface area (Å²) in [6.45, 7) is 3.83. The first kappa shape index (κ1) is 15.6. The van der Waals surface area contributed by atoms with Crippen LogP contribution in [0.1, 0.15) is 43.5 Å². The summed E-state index contributed by atoms with van der Waals surface area (Å²) in [7, 11) is 0. The van der Waals surface area contributed by atoms with Gasteiger partial charge < -0.3 is 9.26 Å². The van der Waals surface area contributed by atoms with Crippen molar-refractivity contribution in [3.8, 4) is 5.75 Å². The van der Waals surface area contributed by atoms with Crippen molar-refractivity contribution in [3.63, 3.8) is 0 Å². The molecule has 0 saturated carbocycles. The molecule has 1 heterocycles. The van der Waals surface area contributed by atoms with Gasteiger partial charge in [-0.3, -0.25) is 10.1 Å². The van der Waals surface area contributed by atoms with Gasteiger partial charge in [-0.2, -0.15) is 0 Å². The molecule has 5 heteroatoms. The number of nitrogens with one attached hydrogen (secondary N) is 1. The van der Waals surface area contributed by atoms with Crippen molar-refractivity contribution in [1.82, 2.24) is 5.16 Å². The van der Waals surface area contributed by atoms with Crippen LogP contribution >= 0.6 is 0 Å². The van der Waals surface area contributed by atoms with Crippen molar-refractivity contribution in [2.75, 3.05) is 5.32 Å². The van der Waals surface area contributed by atoms with Gasteiger partial charge in [0, 0.05) is 5.56 Å². The monoisotopic (exact) mass is 314 g/mol. The number of benzene rings is 1. The van der Waals surface area contributed by atoms with Crippen molar-refractivity contribution in [2.24, 2.45) is 0 Å². The van der Waals surface area contributed by atoms with Gasteiger partial charge in [0.25, 0.3) is 5.91 Å². The molecule has 122 valence electrons. The Kier molecular flexibility index (Phi) is 4.65. The van der Waals surface area contributed by atoms with Gasteiger partial charge in [-0.25, -0.2) is 0 Å². The van der Waals surface area contributed by atoms with Gasteiger partial charge >= 0.3 is 0 Å². The largest absolute Gasteiger partial charge is 0.481 e. The molecule has 0 spiro atoms. The standard InChI is InChI=1S/C18H22N2O3/c1-3-13-8-10-14(11-9-13)22-12(2)17(21)19-18-15-6-4-5-7-16(15)20-23-18/h8-12H,3-7H2,1-2H3,(H,19,21)/t12-/m1/s1. The first-order chi connectivity index (χ1) is 11.2. The Balaban J connectivity index is 1.62. The van der Waals surface area contributed by atoms with E-state index in [0.29, 0.717) is 11.6 Å². The summed E-state index contributed by atoms with van der Waals surface area (Å²) < 4.78 is 11.0. The molecule has 5 nitrogen and oxygen atoms in total. The molecule has 0 saturated heterocycles. The second-order valence-electron chi connectivity index (χ2n) is 5.89. The van der Waals surface area contributed by atoms with E-state index in [0.717, 1.165) is 43.4 Å². The smallest absolute Gasteiger partial charge is 0.267 e. The normalized spacial score (nSPS) is 14.9. The highest BCUT2D eigenvalue weighted by atomic mass is 16.5. The topological polar surface area (TPSA) is 64.4 Å². The second-order valence-corrected chi connectivity index (χ2v) is 5.89. The molecule has 0 radical (unpaired) electrons. The zero-order chi connectivity index (χ0) is 16.2. The van der Waals surface area contributed by atoms with E-state index in [-0.39, 0.29) is 5.91 Å². The number of rotatable bonds is 5. The SMILES string of the molecule is CCc1ccc(O[C@H](C)C(=O)Nc2onc3c2CCCC3)cc1. The number of carbonyl (C=O) groups excluding carboxylic acids is 1. The molecule has 1 atom stereocenters. The molecule has 0 aliphatic heterocycles. The number of aryl methyl sites for hydroxylation is 2. The molecule has 1 aromatic carbocycles. The molecule has 0 fully saturated rings. The maximum absolute atomic E-state index is 12.3. The van der Waals surface area contributed by atoms with Crippen molar-refractivity contribution in [2.45, 2.75) is 52.1 Å². The number of fused-ring (bicyclic) bond motifs is 1. The minimum Gasteiger partial charge on any atom is -0.481 e. The molecule has 0 unspecified atom stereocenters. The number of nitrogens with zero attached hydrogens (tertiary/aromatic N) is 1. The molecule has 3 rings (SSSR count). The Bertz CT molecular complexity index is 676. The van der Waals surface area contributed by atoms with E-state index in [4.69, 9.17) is 9.26 Å². The summed E-state index contributed by atoms with van der Waals surface area (Å²) in [6.07, 6.45) is 4.43. The lowest BCUT2D eigenvalue weighted by molar-refractivity contribution is -0.122. The van der Waals surface area contributed by atoms with Gasteiger partial charge in [-0.15, -0.1) is 0 Å². The fraction of sp³-hybridized carbons (Fsp3) is 0.444. The molecule has 0 bridgehead atoms. The summed E-state index contributed by atoms with van der Waals surface area (Å²) >= 11 is 0. The van der Waals surface area contributed by atoms with Crippen molar-refractivity contribution in [1.29, 1.82) is 0 Å². The van der Waals surface area contributed by atoms with Gasteiger partial charge in [-0.05, 0) is 56.7 Å². The minimum atomic E-state index is -0.605. The molecule has 1 N–H and O–H groups in total. The fourth-order valence-electron chi connectivity index (χ4n) is 2.76. The number of hydrogen-bond donors (Lipinski definition) is 1. The Hall–Kier alpha value is -2.30. The van der Waals surface area contributed by atoms with Crippen LogP contribution in [0.5, 0.6) is 5.75 Å². The van der Waals surface area contributed by atoms with Crippen LogP contribution in [0.4, 0.5) is 5.88 Å². The number of hydrogen-bond acceptors (Lipinski definition) is 4. The summed E-state index contributed by atoms with van der Waals surface area (Å²) in [5.74, 6) is 0.931. The summed E-state index contributed by atoms with van der Waals surface area (Å²) in [5, 5.41) is 6.84. The van der Waals surface area contributed by atoms with Crippen molar-refractivity contribution >= 4 is 11.8 Å². The molecule has 1 aromatic heterocycles. The van der Waals surface area contributed by atoms with Gasteiger partial charge in [0.05, 0.1) is 5.69 Å². The summed E-state index contributed by atoms with van der Waals surface area (Å²) in [4.78, 5) is 12.3. The maximum atomic E-state index is 12.3. The number of ether oxygens (including phenoxy) is 1. The van der Waals surface area contributed by atoms with Crippen LogP contribution in [-0.2, 0) is 24.1 Å². The Morgan fingerprint density at radius 1 is 1.30 bits per heavy atom. The highest BCUT2D eigenvalue weighted by molar-refractivity contribution is 5.93. The average Bonchev–Trinajstić information content (AvgIpc) is 2.98. The number of amides is 1. The van der Waals surface area contributed by atoms with Crippen LogP contribution in [0.15, 0.2) is 28.8 Å². The first-order valence-electron chi connectivity index (χ1n) is 8.21. The number of anilines is 1. The van der Waals surface area contributed by atoms with Crippen molar-refractivity contribution in [3.05, 3.63) is 41.1 Å². The third-order valence-electron chi connectivity index (χ3n) is 4.21. The van der Waals surface area contributed by atoms with Crippen LogP contribution in [0.3, 0.4) is 0 Å². The van der Waals surface area contributed by atoms with Crippen LogP contribution in [-0.4, -0.2) is 17.2 Å². The summed E-state index contributed by atoms with van der Waals surface area (Å²) in [5.41, 5.74) is 3.24. The zero-order valence-electron chi connectivity index (χ0n) is 13.6. The highest BCUT2D eigenvalue weighted by Gasteiger charge is 2.23. The van der Waals surface area contributed by atoms with Crippen LogP contribution in [0.2, 0.25) is 0 Å². The van der Waals surface area contributed by atoms with Gasteiger partial charge in [-0.1, -0.05) is 24.2 Å². The van der Waals surface area contributed by atoms with Crippen LogP contribution in [0, 0.1) is 0 Å². The molecular formula is C18H22N2O3. The summed E-state index contributed by atoms with van der Waals surface area (Å²) in [6, 6.07) is 7.79. The predicted octanol–water partition coefficient (Wildman–Crippen LogP) is 3.52. The molecule has 1 aliphatic rings. The van der Waals surface area contributed by atoms with Gasteiger partial charge in [0.1, 0.15) is 5.75 Å². The van der Waals surface area contributed by atoms with E-state index in [1.807, 2.05) is 24.3 Å². The molecule has 1 amide bonds. The Morgan fingerprint density at radius 2 is 2.04 bits per heavy atom. The lowest BCUT2D eigenvalue weighted by Crippen LogP contribution is -2.30. The lowest BCUT2D eigenvalue weighted by atomic mass is 9.98. The lowest BCUT2D eigenvalue weighted by Gasteiger charge is -2.15. The minimum absolute atomic E-state index is 0.228. The first-order valence-corrected chi connectivity index (χ1v) is 8.21. The van der Waals surface area contributed by atoms with Crippen LogP contribution < -0.4 is 10.1 Å². The number of aromatic nitrogens is 1. The van der Waals surface area contributed by atoms with E-state index in [2.05, 4.69) is 17.4 Å². The Labute approximate surface area is 136 Å². The third kappa shape index (κ3) is 3.55.